The summed E-state index contributed by atoms with van der Waals surface area (Å²) in [6, 6.07) is 11.9. The van der Waals surface area contributed by atoms with E-state index in [2.05, 4.69) is 58.9 Å². The van der Waals surface area contributed by atoms with E-state index in [9.17, 15) is 9.90 Å². The number of benzene rings is 1. The Balaban J connectivity index is 0.898. The molecule has 58 heavy (non-hydrogen) atoms. The second-order valence-electron chi connectivity index (χ2n) is 19.3. The van der Waals surface area contributed by atoms with E-state index in [4.69, 9.17) is 19.8 Å². The highest BCUT2D eigenvalue weighted by Gasteiger charge is 2.65. The molecule has 2 aliphatic heterocycles. The second kappa shape index (κ2) is 14.1. The molecular formula is C45H55N9O3S. The van der Waals surface area contributed by atoms with E-state index in [1.807, 2.05) is 41.4 Å². The largest absolute Gasteiger partial charge is 0.476 e. The highest BCUT2D eigenvalue weighted by molar-refractivity contribution is 7.22. The van der Waals surface area contributed by atoms with Gasteiger partial charge in [0, 0.05) is 54.1 Å². The molecule has 4 aromatic heterocycles. The number of aromatic nitrogens is 6. The minimum Gasteiger partial charge on any atom is -0.476 e. The lowest BCUT2D eigenvalue weighted by Gasteiger charge is -2.70. The van der Waals surface area contributed by atoms with Crippen molar-refractivity contribution in [2.24, 2.45) is 21.7 Å². The van der Waals surface area contributed by atoms with Gasteiger partial charge in [0.25, 0.3) is 0 Å². The van der Waals surface area contributed by atoms with Crippen molar-refractivity contribution in [2.75, 3.05) is 49.6 Å². The van der Waals surface area contributed by atoms with Crippen molar-refractivity contribution in [3.05, 3.63) is 65.1 Å². The number of pyridine rings is 1. The van der Waals surface area contributed by atoms with Crippen molar-refractivity contribution < 1.29 is 14.6 Å². The number of morpholine rings is 1. The molecule has 1 saturated heterocycles. The minimum absolute atomic E-state index is 0.0279. The molecule has 6 heterocycles. The summed E-state index contributed by atoms with van der Waals surface area (Å²) >= 11 is 1.59. The van der Waals surface area contributed by atoms with E-state index in [0.29, 0.717) is 40.0 Å². The lowest BCUT2D eigenvalue weighted by molar-refractivity contribution is -0.198. The van der Waals surface area contributed by atoms with Crippen LogP contribution >= 0.6 is 11.3 Å². The molecule has 4 bridgehead atoms. The molecule has 0 spiro atoms. The summed E-state index contributed by atoms with van der Waals surface area (Å²) in [4.78, 5) is 27.1. The van der Waals surface area contributed by atoms with E-state index in [-0.39, 0.29) is 11.1 Å². The normalized spacial score (nSPS) is 28.0. The van der Waals surface area contributed by atoms with Crippen LogP contribution in [0.15, 0.2) is 42.6 Å². The van der Waals surface area contributed by atoms with Gasteiger partial charge in [0.2, 0.25) is 0 Å². The van der Waals surface area contributed by atoms with Gasteiger partial charge in [-0.1, -0.05) is 37.3 Å². The number of ether oxygens (including phenoxy) is 1. The third-order valence-electron chi connectivity index (χ3n) is 14.2. The third kappa shape index (κ3) is 6.76. The standard InChI is InChI=1S/C45H55N9O3S/c1-29-31-9-7-16-53(39(31)51-50-38(29)49-41-47-34-10-5-6-11-35(34)58-41)36-13-12-32(37(48-36)40(55)56)33-21-46-54(30(33)2)28-45-25-42(3)22-43(4,26-45)24-44(23-42,27-45)14-8-15-52-17-19-57-20-18-52/h5-6,10-13,21H,7-9,14-20,22-28H2,1-4H3,(H,55,56)(H,47,49,50). The molecule has 13 heteroatoms. The second-order valence-corrected chi connectivity index (χ2v) is 20.3. The quantitative estimate of drug-likeness (QED) is 0.133. The number of rotatable bonds is 11. The first-order chi connectivity index (χ1) is 27.9. The highest BCUT2D eigenvalue weighted by Crippen LogP contribution is 2.75. The molecule has 1 aromatic carbocycles. The molecule has 0 amide bonds. The SMILES string of the molecule is Cc1c(Nc2nc3ccccc3s2)nnc2c1CCCN2c1ccc(-c2cnn(CC34CC5(C)CC(C)(CC(CCCN6CCOCC6)(C5)C3)C4)c2C)c(C(=O)O)n1. The Kier molecular flexibility index (Phi) is 9.18. The molecule has 11 rings (SSSR count). The highest BCUT2D eigenvalue weighted by atomic mass is 32.1. The number of anilines is 4. The van der Waals surface area contributed by atoms with Gasteiger partial charge in [-0.15, -0.1) is 10.2 Å². The summed E-state index contributed by atoms with van der Waals surface area (Å²) in [6.07, 6.45) is 13.9. The van der Waals surface area contributed by atoms with Gasteiger partial charge in [-0.05, 0) is 131 Å². The van der Waals surface area contributed by atoms with Crippen molar-refractivity contribution in [3.63, 3.8) is 0 Å². The van der Waals surface area contributed by atoms with Crippen molar-refractivity contribution in [1.82, 2.24) is 34.8 Å². The Labute approximate surface area is 344 Å². The van der Waals surface area contributed by atoms with Crippen LogP contribution in [-0.2, 0) is 17.7 Å². The zero-order valence-corrected chi connectivity index (χ0v) is 35.1. The number of nitrogens with one attached hydrogen (secondary N) is 1. The lowest BCUT2D eigenvalue weighted by atomic mass is 9.35. The predicted octanol–water partition coefficient (Wildman–Crippen LogP) is 8.97. The van der Waals surface area contributed by atoms with E-state index >= 15 is 0 Å². The monoisotopic (exact) mass is 801 g/mol. The molecule has 2 unspecified atom stereocenters. The number of para-hydroxylation sites is 1. The van der Waals surface area contributed by atoms with Crippen LogP contribution in [0.1, 0.15) is 98.9 Å². The van der Waals surface area contributed by atoms with Crippen molar-refractivity contribution in [3.8, 4) is 11.1 Å². The maximum atomic E-state index is 13.0. The Morgan fingerprint density at radius 2 is 1.69 bits per heavy atom. The summed E-state index contributed by atoms with van der Waals surface area (Å²) in [6.45, 7) is 15.8. The number of carboxylic acid groups (broad SMARTS) is 1. The maximum Gasteiger partial charge on any atom is 0.355 e. The number of hydrogen-bond acceptors (Lipinski definition) is 11. The molecule has 5 fully saturated rings. The van der Waals surface area contributed by atoms with Crippen molar-refractivity contribution in [1.29, 1.82) is 0 Å². The van der Waals surface area contributed by atoms with Crippen LogP contribution in [0.3, 0.4) is 0 Å². The van der Waals surface area contributed by atoms with Crippen molar-refractivity contribution in [2.45, 2.75) is 98.4 Å². The van der Waals surface area contributed by atoms with Crippen LogP contribution in [0, 0.1) is 35.5 Å². The fraction of sp³-hybridized carbons (Fsp3) is 0.556. The van der Waals surface area contributed by atoms with Gasteiger partial charge >= 0.3 is 5.97 Å². The third-order valence-corrected chi connectivity index (χ3v) is 15.2. The summed E-state index contributed by atoms with van der Waals surface area (Å²) in [5.41, 5.74) is 6.77. The predicted molar refractivity (Wildman–Crippen MR) is 227 cm³/mol. The fourth-order valence-electron chi connectivity index (χ4n) is 13.2. The molecule has 0 radical (unpaired) electrons. The number of carbonyl (C=O) groups is 1. The molecule has 6 aliphatic rings. The molecule has 4 aliphatic carbocycles. The zero-order valence-electron chi connectivity index (χ0n) is 34.3. The van der Waals surface area contributed by atoms with Gasteiger partial charge in [0.1, 0.15) is 5.82 Å². The maximum absolute atomic E-state index is 13.0. The van der Waals surface area contributed by atoms with E-state index in [1.165, 1.54) is 57.9 Å². The smallest absolute Gasteiger partial charge is 0.355 e. The fourth-order valence-corrected chi connectivity index (χ4v) is 14.1. The zero-order chi connectivity index (χ0) is 39.9. The van der Waals surface area contributed by atoms with Crippen LogP contribution in [0.25, 0.3) is 21.3 Å². The summed E-state index contributed by atoms with van der Waals surface area (Å²) in [5.74, 6) is 0.898. The average Bonchev–Trinajstić information content (AvgIpc) is 3.76. The Hall–Kier alpha value is -4.46. The van der Waals surface area contributed by atoms with Gasteiger partial charge in [0.15, 0.2) is 22.5 Å². The number of aromatic carboxylic acids is 1. The molecule has 304 valence electrons. The van der Waals surface area contributed by atoms with Crippen LogP contribution in [0.4, 0.5) is 22.6 Å². The molecule has 2 N–H and O–H groups in total. The Morgan fingerprint density at radius 1 is 0.914 bits per heavy atom. The van der Waals surface area contributed by atoms with Gasteiger partial charge in [-0.25, -0.2) is 14.8 Å². The minimum atomic E-state index is -1.06. The molecule has 12 nitrogen and oxygen atoms in total. The number of thiazole rings is 1. The number of carboxylic acids is 1. The molecule has 5 aromatic rings. The van der Waals surface area contributed by atoms with Gasteiger partial charge in [-0.2, -0.15) is 5.10 Å². The number of nitrogens with zero attached hydrogens (tertiary/aromatic N) is 8. The van der Waals surface area contributed by atoms with E-state index in [1.54, 1.807) is 11.3 Å². The molecule has 4 saturated carbocycles. The van der Waals surface area contributed by atoms with Crippen LogP contribution in [-0.4, -0.2) is 85.3 Å². The summed E-state index contributed by atoms with van der Waals surface area (Å²) in [5, 5.41) is 29.1. The van der Waals surface area contributed by atoms with Crippen LogP contribution in [0.5, 0.6) is 0 Å². The van der Waals surface area contributed by atoms with Gasteiger partial charge in [-0.3, -0.25) is 9.58 Å². The van der Waals surface area contributed by atoms with E-state index < -0.39 is 5.97 Å². The first kappa shape index (κ1) is 37.8. The number of hydrogen-bond donors (Lipinski definition) is 2. The first-order valence-electron chi connectivity index (χ1n) is 21.2. The van der Waals surface area contributed by atoms with E-state index in [0.717, 1.165) is 89.2 Å². The summed E-state index contributed by atoms with van der Waals surface area (Å²) < 4.78 is 8.91. The molecule has 2 atom stereocenters. The first-order valence-corrected chi connectivity index (χ1v) is 22.1. The average molecular weight is 802 g/mol. The summed E-state index contributed by atoms with van der Waals surface area (Å²) in [7, 11) is 0. The van der Waals surface area contributed by atoms with Gasteiger partial charge in [0.05, 0.1) is 29.6 Å². The number of fused-ring (bicyclic) bond motifs is 2. The van der Waals surface area contributed by atoms with Gasteiger partial charge < -0.3 is 20.1 Å². The topological polar surface area (TPSA) is 134 Å². The Morgan fingerprint density at radius 3 is 2.47 bits per heavy atom. The molecular weight excluding hydrogens is 747 g/mol. The lowest BCUT2D eigenvalue weighted by Crippen LogP contribution is -2.60. The Bertz CT molecular complexity index is 2350. The van der Waals surface area contributed by atoms with Crippen LogP contribution in [0.2, 0.25) is 0 Å². The van der Waals surface area contributed by atoms with Crippen LogP contribution < -0.4 is 10.2 Å². The van der Waals surface area contributed by atoms with Crippen molar-refractivity contribution >= 4 is 50.1 Å².